The predicted octanol–water partition coefficient (Wildman–Crippen LogP) is 2.31. The average molecular weight is 279 g/mol. The molecule has 0 amide bonds. The molecule has 0 bridgehead atoms. The highest BCUT2D eigenvalue weighted by Crippen LogP contribution is 2.16. The van der Waals surface area contributed by atoms with Crippen LogP contribution >= 0.6 is 0 Å². The minimum atomic E-state index is 0.655. The maximum Gasteiger partial charge on any atom is 0.122 e. The van der Waals surface area contributed by atoms with Crippen LogP contribution in [0.3, 0.4) is 0 Å². The number of hydrogen-bond donors (Lipinski definition) is 1. The number of piperazine rings is 1. The first-order valence-electron chi connectivity index (χ1n) is 7.97. The van der Waals surface area contributed by atoms with Crippen LogP contribution in [0.5, 0.6) is 0 Å². The van der Waals surface area contributed by atoms with Crippen LogP contribution in [-0.2, 0) is 13.1 Å². The van der Waals surface area contributed by atoms with Crippen molar-refractivity contribution in [2.24, 2.45) is 0 Å². The molecule has 1 aliphatic rings. The van der Waals surface area contributed by atoms with E-state index in [1.807, 2.05) is 6.26 Å². The molecular weight excluding hydrogens is 250 g/mol. The molecule has 4 heteroatoms. The first kappa shape index (κ1) is 15.5. The molecule has 0 saturated carbocycles. The fourth-order valence-corrected chi connectivity index (χ4v) is 2.97. The van der Waals surface area contributed by atoms with Gasteiger partial charge in [0.2, 0.25) is 0 Å². The number of furan rings is 1. The Labute approximate surface area is 123 Å². The maximum atomic E-state index is 5.62. The molecule has 0 aromatic carbocycles. The van der Waals surface area contributed by atoms with E-state index >= 15 is 0 Å². The standard InChI is InChI=1S/C16H29N3O/c1-4-7-17-11-16-15(6-10-20-16)13-18-8-9-19(5-2)14(3)12-18/h6,10,14,17H,4-5,7-9,11-13H2,1-3H3. The van der Waals surface area contributed by atoms with Crippen LogP contribution in [0.15, 0.2) is 16.7 Å². The van der Waals surface area contributed by atoms with Crippen molar-refractivity contribution in [3.8, 4) is 0 Å². The summed E-state index contributed by atoms with van der Waals surface area (Å²) in [5.74, 6) is 1.10. The monoisotopic (exact) mass is 279 g/mol. The zero-order valence-electron chi connectivity index (χ0n) is 13.2. The summed E-state index contributed by atoms with van der Waals surface area (Å²) < 4.78 is 5.62. The zero-order chi connectivity index (χ0) is 14.4. The average Bonchev–Trinajstić information content (AvgIpc) is 2.87. The minimum Gasteiger partial charge on any atom is -0.468 e. The SMILES string of the molecule is CCCNCc1occc1CN1CCN(CC)C(C)C1. The van der Waals surface area contributed by atoms with E-state index in [9.17, 15) is 0 Å². The number of rotatable bonds is 7. The molecule has 1 unspecified atom stereocenters. The second kappa shape index (κ2) is 7.81. The first-order valence-corrected chi connectivity index (χ1v) is 7.97. The Morgan fingerprint density at radius 2 is 2.20 bits per heavy atom. The Bertz CT molecular complexity index is 391. The van der Waals surface area contributed by atoms with E-state index in [4.69, 9.17) is 4.42 Å². The molecule has 1 aromatic heterocycles. The molecule has 1 fully saturated rings. The normalized spacial score (nSPS) is 21.4. The third-order valence-electron chi connectivity index (χ3n) is 4.20. The van der Waals surface area contributed by atoms with E-state index < -0.39 is 0 Å². The summed E-state index contributed by atoms with van der Waals surface area (Å²) in [5, 5.41) is 3.42. The molecule has 0 aliphatic carbocycles. The molecule has 4 nitrogen and oxygen atoms in total. The van der Waals surface area contributed by atoms with Crippen LogP contribution in [0.1, 0.15) is 38.5 Å². The van der Waals surface area contributed by atoms with Crippen molar-refractivity contribution in [2.75, 3.05) is 32.7 Å². The van der Waals surface area contributed by atoms with Gasteiger partial charge >= 0.3 is 0 Å². The molecule has 0 radical (unpaired) electrons. The van der Waals surface area contributed by atoms with Crippen LogP contribution in [0.2, 0.25) is 0 Å². The van der Waals surface area contributed by atoms with Crippen LogP contribution in [0.4, 0.5) is 0 Å². The molecule has 2 rings (SSSR count). The summed E-state index contributed by atoms with van der Waals surface area (Å²) in [6.07, 6.45) is 2.98. The lowest BCUT2D eigenvalue weighted by Gasteiger charge is -2.39. The highest BCUT2D eigenvalue weighted by molar-refractivity contribution is 5.17. The van der Waals surface area contributed by atoms with Crippen LogP contribution in [0, 0.1) is 0 Å². The Morgan fingerprint density at radius 3 is 2.90 bits per heavy atom. The fraction of sp³-hybridized carbons (Fsp3) is 0.750. The van der Waals surface area contributed by atoms with Crippen molar-refractivity contribution in [3.63, 3.8) is 0 Å². The fourth-order valence-electron chi connectivity index (χ4n) is 2.97. The van der Waals surface area contributed by atoms with E-state index in [-0.39, 0.29) is 0 Å². The van der Waals surface area contributed by atoms with Gasteiger partial charge in [-0.15, -0.1) is 0 Å². The van der Waals surface area contributed by atoms with E-state index in [1.54, 1.807) is 0 Å². The summed E-state index contributed by atoms with van der Waals surface area (Å²) in [7, 11) is 0. The van der Waals surface area contributed by atoms with Gasteiger partial charge in [0.1, 0.15) is 5.76 Å². The first-order chi connectivity index (χ1) is 9.74. The van der Waals surface area contributed by atoms with Crippen molar-refractivity contribution in [3.05, 3.63) is 23.7 Å². The van der Waals surface area contributed by atoms with Gasteiger partial charge in [-0.3, -0.25) is 9.80 Å². The van der Waals surface area contributed by atoms with Crippen molar-refractivity contribution in [2.45, 2.75) is 46.3 Å². The lowest BCUT2D eigenvalue weighted by atomic mass is 10.1. The molecule has 2 heterocycles. The van der Waals surface area contributed by atoms with Crippen molar-refractivity contribution < 1.29 is 4.42 Å². The molecule has 1 saturated heterocycles. The van der Waals surface area contributed by atoms with Gasteiger partial charge in [-0.1, -0.05) is 13.8 Å². The molecule has 1 aromatic rings. The highest BCUT2D eigenvalue weighted by atomic mass is 16.3. The topological polar surface area (TPSA) is 31.7 Å². The minimum absolute atomic E-state index is 0.655. The second-order valence-electron chi connectivity index (χ2n) is 5.76. The van der Waals surface area contributed by atoms with Gasteiger partial charge < -0.3 is 9.73 Å². The third kappa shape index (κ3) is 4.08. The van der Waals surface area contributed by atoms with E-state index in [2.05, 4.69) is 42.0 Å². The lowest BCUT2D eigenvalue weighted by molar-refractivity contribution is 0.0830. The molecular formula is C16H29N3O. The van der Waals surface area contributed by atoms with Gasteiger partial charge in [0.05, 0.1) is 12.8 Å². The molecule has 20 heavy (non-hydrogen) atoms. The van der Waals surface area contributed by atoms with Gasteiger partial charge in [0.15, 0.2) is 0 Å². The van der Waals surface area contributed by atoms with Crippen LogP contribution < -0.4 is 5.32 Å². The summed E-state index contributed by atoms with van der Waals surface area (Å²) in [4.78, 5) is 5.10. The van der Waals surface area contributed by atoms with Gasteiger partial charge in [0.25, 0.3) is 0 Å². The van der Waals surface area contributed by atoms with E-state index in [0.717, 1.165) is 51.4 Å². The largest absolute Gasteiger partial charge is 0.468 e. The smallest absolute Gasteiger partial charge is 0.122 e. The Morgan fingerprint density at radius 1 is 1.35 bits per heavy atom. The summed E-state index contributed by atoms with van der Waals surface area (Å²) in [6, 6.07) is 2.78. The zero-order valence-corrected chi connectivity index (χ0v) is 13.2. The molecule has 1 atom stereocenters. The number of nitrogens with zero attached hydrogens (tertiary/aromatic N) is 2. The highest BCUT2D eigenvalue weighted by Gasteiger charge is 2.23. The third-order valence-corrected chi connectivity index (χ3v) is 4.20. The second-order valence-corrected chi connectivity index (χ2v) is 5.76. The van der Waals surface area contributed by atoms with Crippen molar-refractivity contribution >= 4 is 0 Å². The summed E-state index contributed by atoms with van der Waals surface area (Å²) >= 11 is 0. The maximum absolute atomic E-state index is 5.62. The van der Waals surface area contributed by atoms with Crippen molar-refractivity contribution in [1.29, 1.82) is 0 Å². The predicted molar refractivity (Wildman–Crippen MR) is 82.7 cm³/mol. The van der Waals surface area contributed by atoms with Gasteiger partial charge in [-0.05, 0) is 32.5 Å². The van der Waals surface area contributed by atoms with Gasteiger partial charge in [-0.2, -0.15) is 0 Å². The Balaban J connectivity index is 1.86. The molecule has 1 N–H and O–H groups in total. The Kier molecular flexibility index (Phi) is 6.07. The number of likely N-dealkylation sites (N-methyl/N-ethyl adjacent to an activating group) is 1. The van der Waals surface area contributed by atoms with Crippen molar-refractivity contribution in [1.82, 2.24) is 15.1 Å². The Hall–Kier alpha value is -0.840. The van der Waals surface area contributed by atoms with E-state index in [1.165, 1.54) is 12.1 Å². The molecule has 114 valence electrons. The number of hydrogen-bond acceptors (Lipinski definition) is 4. The van der Waals surface area contributed by atoms with Crippen LogP contribution in [-0.4, -0.2) is 48.6 Å². The van der Waals surface area contributed by atoms with Gasteiger partial charge in [-0.25, -0.2) is 0 Å². The number of nitrogens with one attached hydrogen (secondary N) is 1. The summed E-state index contributed by atoms with van der Waals surface area (Å²) in [6.45, 7) is 14.3. The van der Waals surface area contributed by atoms with Crippen LogP contribution in [0.25, 0.3) is 0 Å². The quantitative estimate of drug-likeness (QED) is 0.776. The lowest BCUT2D eigenvalue weighted by Crippen LogP contribution is -2.51. The van der Waals surface area contributed by atoms with E-state index in [0.29, 0.717) is 6.04 Å². The molecule has 1 aliphatic heterocycles. The molecule has 0 spiro atoms. The van der Waals surface area contributed by atoms with Gasteiger partial charge in [0, 0.05) is 37.8 Å². The summed E-state index contributed by atoms with van der Waals surface area (Å²) in [5.41, 5.74) is 1.34.